The minimum Gasteiger partial charge on any atom is -0.493 e. The van der Waals surface area contributed by atoms with Gasteiger partial charge in [-0.05, 0) is 63.6 Å². The van der Waals surface area contributed by atoms with Crippen molar-refractivity contribution in [3.63, 3.8) is 0 Å². The van der Waals surface area contributed by atoms with Crippen molar-refractivity contribution in [1.29, 1.82) is 5.26 Å². The molecule has 1 fully saturated rings. The molecule has 7 nitrogen and oxygen atoms in total. The number of aromatic nitrogens is 1. The number of nitrogens with one attached hydrogen (secondary N) is 1. The minimum atomic E-state index is -0.535. The van der Waals surface area contributed by atoms with Crippen LogP contribution < -0.4 is 10.1 Å². The third-order valence-corrected chi connectivity index (χ3v) is 4.68. The Balaban J connectivity index is 1.56. The average molecular weight is 409 g/mol. The van der Waals surface area contributed by atoms with E-state index in [9.17, 15) is 4.79 Å². The molecule has 1 aromatic carbocycles. The van der Waals surface area contributed by atoms with Crippen LogP contribution in [0.25, 0.3) is 11.3 Å². The number of carbonyl (C=O) groups is 1. The Hall–Kier alpha value is -3.11. The molecular weight excluding hydrogens is 382 g/mol. The zero-order valence-corrected chi connectivity index (χ0v) is 17.6. The first kappa shape index (κ1) is 21.6. The fourth-order valence-electron chi connectivity index (χ4n) is 3.17. The zero-order chi connectivity index (χ0) is 21.6. The van der Waals surface area contributed by atoms with Gasteiger partial charge in [-0.25, -0.2) is 4.79 Å². The summed E-state index contributed by atoms with van der Waals surface area (Å²) in [5, 5.41) is 11.8. The Kier molecular flexibility index (Phi) is 6.91. The number of hydrogen-bond donors (Lipinski definition) is 1. The van der Waals surface area contributed by atoms with Gasteiger partial charge in [-0.1, -0.05) is 0 Å². The highest BCUT2D eigenvalue weighted by Crippen LogP contribution is 2.23. The first-order valence-electron chi connectivity index (χ1n) is 10.0. The topological polar surface area (TPSA) is 93.5 Å². The quantitative estimate of drug-likeness (QED) is 0.804. The molecule has 3 rings (SSSR count). The van der Waals surface area contributed by atoms with E-state index in [-0.39, 0.29) is 12.0 Å². The number of alkyl carbamates (subject to hydrolysis) is 1. The summed E-state index contributed by atoms with van der Waals surface area (Å²) in [6.45, 7) is 7.07. The molecule has 1 aliphatic rings. The van der Waals surface area contributed by atoms with Crippen LogP contribution in [-0.4, -0.2) is 42.5 Å². The smallest absolute Gasteiger partial charge is 0.407 e. The van der Waals surface area contributed by atoms with Crippen LogP contribution in [0.3, 0.4) is 0 Å². The van der Waals surface area contributed by atoms with Gasteiger partial charge in [-0.2, -0.15) is 5.26 Å². The number of rotatable bonds is 5. The van der Waals surface area contributed by atoms with Crippen molar-refractivity contribution >= 4 is 6.09 Å². The molecule has 0 spiro atoms. The molecule has 1 amide bonds. The van der Waals surface area contributed by atoms with E-state index in [1.165, 1.54) is 0 Å². The SMILES string of the molecule is CC(C)(C)OC(=O)N[C@H]1CCOC[C@@H]1COc1ccc(-c2ccc(C#N)cn2)cc1. The molecule has 2 heterocycles. The highest BCUT2D eigenvalue weighted by Gasteiger charge is 2.29. The molecule has 0 bridgehead atoms. The van der Waals surface area contributed by atoms with Crippen molar-refractivity contribution in [2.45, 2.75) is 38.8 Å². The van der Waals surface area contributed by atoms with Crippen molar-refractivity contribution < 1.29 is 19.0 Å². The third-order valence-electron chi connectivity index (χ3n) is 4.68. The predicted molar refractivity (Wildman–Crippen MR) is 112 cm³/mol. The molecule has 0 saturated carbocycles. The molecule has 2 aromatic rings. The lowest BCUT2D eigenvalue weighted by Gasteiger charge is -2.32. The number of ether oxygens (including phenoxy) is 3. The fourth-order valence-corrected chi connectivity index (χ4v) is 3.17. The van der Waals surface area contributed by atoms with E-state index in [2.05, 4.69) is 16.4 Å². The molecule has 1 aromatic heterocycles. The summed E-state index contributed by atoms with van der Waals surface area (Å²) in [7, 11) is 0. The van der Waals surface area contributed by atoms with Gasteiger partial charge in [-0.15, -0.1) is 0 Å². The molecule has 2 atom stereocenters. The van der Waals surface area contributed by atoms with Gasteiger partial charge in [0.05, 0.1) is 24.5 Å². The van der Waals surface area contributed by atoms with Gasteiger partial charge in [0.2, 0.25) is 0 Å². The van der Waals surface area contributed by atoms with Crippen molar-refractivity contribution in [2.75, 3.05) is 19.8 Å². The van der Waals surface area contributed by atoms with Gasteiger partial charge in [0.1, 0.15) is 17.4 Å². The van der Waals surface area contributed by atoms with E-state index in [1.807, 2.05) is 51.1 Å². The number of carbonyl (C=O) groups excluding carboxylic acids is 1. The van der Waals surface area contributed by atoms with Gasteiger partial charge in [-0.3, -0.25) is 4.98 Å². The fraction of sp³-hybridized carbons (Fsp3) is 0.435. The van der Waals surface area contributed by atoms with E-state index in [1.54, 1.807) is 12.3 Å². The van der Waals surface area contributed by atoms with Crippen molar-refractivity contribution in [2.24, 2.45) is 5.92 Å². The number of nitriles is 1. The second-order valence-electron chi connectivity index (χ2n) is 8.26. The van der Waals surface area contributed by atoms with Crippen LogP contribution in [0.5, 0.6) is 5.75 Å². The van der Waals surface area contributed by atoms with E-state index < -0.39 is 11.7 Å². The number of nitrogens with zero attached hydrogens (tertiary/aromatic N) is 2. The lowest BCUT2D eigenvalue weighted by Crippen LogP contribution is -2.48. The maximum absolute atomic E-state index is 12.1. The summed E-state index contributed by atoms with van der Waals surface area (Å²) in [6, 6.07) is 13.2. The number of hydrogen-bond acceptors (Lipinski definition) is 6. The Morgan fingerprint density at radius 3 is 2.67 bits per heavy atom. The van der Waals surface area contributed by atoms with Crippen LogP contribution in [0, 0.1) is 17.2 Å². The van der Waals surface area contributed by atoms with Crippen LogP contribution in [0.15, 0.2) is 42.6 Å². The standard InChI is InChI=1S/C23H27N3O4/c1-23(2,3)30-22(27)26-21-10-11-28-14-18(21)15-29-19-7-5-17(6-8-19)20-9-4-16(12-24)13-25-20/h4-9,13,18,21H,10-11,14-15H2,1-3H3,(H,26,27)/t18-,21+/m1/s1. The maximum Gasteiger partial charge on any atom is 0.407 e. The monoisotopic (exact) mass is 409 g/mol. The Bertz CT molecular complexity index is 883. The van der Waals surface area contributed by atoms with Gasteiger partial charge >= 0.3 is 6.09 Å². The van der Waals surface area contributed by atoms with Gasteiger partial charge in [0.15, 0.2) is 0 Å². The zero-order valence-electron chi connectivity index (χ0n) is 17.6. The summed E-state index contributed by atoms with van der Waals surface area (Å²) in [4.78, 5) is 16.4. The van der Waals surface area contributed by atoms with E-state index in [0.29, 0.717) is 25.4 Å². The van der Waals surface area contributed by atoms with Gasteiger partial charge in [0.25, 0.3) is 0 Å². The molecule has 1 N–H and O–H groups in total. The highest BCUT2D eigenvalue weighted by atomic mass is 16.6. The van der Waals surface area contributed by atoms with Crippen LogP contribution in [-0.2, 0) is 9.47 Å². The second-order valence-corrected chi connectivity index (χ2v) is 8.26. The second kappa shape index (κ2) is 9.59. The molecule has 0 aliphatic carbocycles. The summed E-state index contributed by atoms with van der Waals surface area (Å²) >= 11 is 0. The summed E-state index contributed by atoms with van der Waals surface area (Å²) in [5.41, 5.74) is 1.73. The lowest BCUT2D eigenvalue weighted by atomic mass is 9.97. The largest absolute Gasteiger partial charge is 0.493 e. The molecule has 1 saturated heterocycles. The lowest BCUT2D eigenvalue weighted by molar-refractivity contribution is 0.00439. The molecular formula is C23H27N3O4. The maximum atomic E-state index is 12.1. The van der Waals surface area contributed by atoms with E-state index in [4.69, 9.17) is 19.5 Å². The summed E-state index contributed by atoms with van der Waals surface area (Å²) < 4.78 is 16.9. The third kappa shape index (κ3) is 6.19. The molecule has 158 valence electrons. The first-order valence-corrected chi connectivity index (χ1v) is 10.0. The van der Waals surface area contributed by atoms with Crippen molar-refractivity contribution in [1.82, 2.24) is 10.3 Å². The molecule has 1 aliphatic heterocycles. The van der Waals surface area contributed by atoms with Gasteiger partial charge in [0, 0.05) is 30.3 Å². The summed E-state index contributed by atoms with van der Waals surface area (Å²) in [5.74, 6) is 0.764. The van der Waals surface area contributed by atoms with Crippen molar-refractivity contribution in [3.8, 4) is 23.1 Å². The molecule has 0 radical (unpaired) electrons. The van der Waals surface area contributed by atoms with Crippen LogP contribution in [0.2, 0.25) is 0 Å². The molecule has 0 unspecified atom stereocenters. The molecule has 7 heteroatoms. The van der Waals surface area contributed by atoms with Crippen LogP contribution in [0.1, 0.15) is 32.8 Å². The number of pyridine rings is 1. The molecule has 30 heavy (non-hydrogen) atoms. The number of amides is 1. The van der Waals surface area contributed by atoms with Gasteiger partial charge < -0.3 is 19.5 Å². The van der Waals surface area contributed by atoms with Crippen molar-refractivity contribution in [3.05, 3.63) is 48.2 Å². The Morgan fingerprint density at radius 1 is 1.27 bits per heavy atom. The average Bonchev–Trinajstić information content (AvgIpc) is 2.72. The predicted octanol–water partition coefficient (Wildman–Crippen LogP) is 3.93. The van der Waals surface area contributed by atoms with E-state index >= 15 is 0 Å². The minimum absolute atomic E-state index is 0.0335. The Labute approximate surface area is 177 Å². The Morgan fingerprint density at radius 2 is 2.03 bits per heavy atom. The van der Waals surface area contributed by atoms with Crippen LogP contribution in [0.4, 0.5) is 4.79 Å². The first-order chi connectivity index (χ1) is 14.3. The normalized spacial score (nSPS) is 18.9. The number of benzene rings is 1. The van der Waals surface area contributed by atoms with E-state index in [0.717, 1.165) is 23.4 Å². The van der Waals surface area contributed by atoms with Crippen LogP contribution >= 0.6 is 0 Å². The summed E-state index contributed by atoms with van der Waals surface area (Å²) in [6.07, 6.45) is 1.86. The highest BCUT2D eigenvalue weighted by molar-refractivity contribution is 5.68.